The number of benzene rings is 2. The first kappa shape index (κ1) is 18.6. The highest BCUT2D eigenvalue weighted by Crippen LogP contribution is 2.17. The van der Waals surface area contributed by atoms with E-state index in [4.69, 9.17) is 9.47 Å². The van der Waals surface area contributed by atoms with E-state index in [0.717, 1.165) is 33.3 Å². The van der Waals surface area contributed by atoms with Crippen molar-refractivity contribution in [3.63, 3.8) is 0 Å². The highest BCUT2D eigenvalue weighted by molar-refractivity contribution is 5.91. The van der Waals surface area contributed by atoms with Gasteiger partial charge in [0.2, 0.25) is 0 Å². The van der Waals surface area contributed by atoms with E-state index in [9.17, 15) is 4.79 Å². The second-order valence-electron chi connectivity index (χ2n) is 6.76. The summed E-state index contributed by atoms with van der Waals surface area (Å²) in [7, 11) is 0. The topological polar surface area (TPSA) is 61.3 Å². The molecule has 0 spiro atoms. The van der Waals surface area contributed by atoms with Crippen LogP contribution >= 0.6 is 0 Å². The SMILES string of the molecule is Cc1ccc2nc(C(=O)OCc3ccc(OCc4ccncc4)cc3)ccc2c1. The molecule has 4 aromatic rings. The van der Waals surface area contributed by atoms with Crippen molar-refractivity contribution in [3.05, 3.63) is 102 Å². The fourth-order valence-electron chi connectivity index (χ4n) is 2.91. The van der Waals surface area contributed by atoms with E-state index in [2.05, 4.69) is 9.97 Å². The van der Waals surface area contributed by atoms with Crippen LogP contribution in [0.4, 0.5) is 0 Å². The van der Waals surface area contributed by atoms with Gasteiger partial charge in [-0.3, -0.25) is 4.98 Å². The Labute approximate surface area is 169 Å². The van der Waals surface area contributed by atoms with E-state index < -0.39 is 5.97 Å². The van der Waals surface area contributed by atoms with E-state index in [1.54, 1.807) is 18.5 Å². The second kappa shape index (κ2) is 8.52. The second-order valence-corrected chi connectivity index (χ2v) is 6.76. The van der Waals surface area contributed by atoms with Gasteiger partial charge in [-0.1, -0.05) is 29.8 Å². The molecule has 0 saturated carbocycles. The quantitative estimate of drug-likeness (QED) is 0.444. The molecule has 144 valence electrons. The Balaban J connectivity index is 1.33. The van der Waals surface area contributed by atoms with Crippen LogP contribution in [0.2, 0.25) is 0 Å². The number of ether oxygens (including phenoxy) is 2. The zero-order valence-corrected chi connectivity index (χ0v) is 16.0. The molecule has 0 fully saturated rings. The highest BCUT2D eigenvalue weighted by atomic mass is 16.5. The average Bonchev–Trinajstić information content (AvgIpc) is 2.77. The van der Waals surface area contributed by atoms with Crippen LogP contribution in [-0.4, -0.2) is 15.9 Å². The lowest BCUT2D eigenvalue weighted by Crippen LogP contribution is -2.07. The molecule has 0 radical (unpaired) electrons. The predicted molar refractivity (Wildman–Crippen MR) is 111 cm³/mol. The Morgan fingerprint density at radius 3 is 2.41 bits per heavy atom. The Kier molecular flexibility index (Phi) is 5.47. The van der Waals surface area contributed by atoms with Crippen LogP contribution in [0.15, 0.2) is 79.1 Å². The molecular weight excluding hydrogens is 364 g/mol. The number of aromatic nitrogens is 2. The largest absolute Gasteiger partial charge is 0.489 e. The summed E-state index contributed by atoms with van der Waals surface area (Å²) in [6.45, 7) is 2.68. The first-order valence-electron chi connectivity index (χ1n) is 9.32. The predicted octanol–water partition coefficient (Wildman–Crippen LogP) is 4.87. The molecule has 0 aliphatic carbocycles. The third-order valence-corrected chi connectivity index (χ3v) is 4.50. The van der Waals surface area contributed by atoms with E-state index in [-0.39, 0.29) is 6.61 Å². The summed E-state index contributed by atoms with van der Waals surface area (Å²) >= 11 is 0. The van der Waals surface area contributed by atoms with Gasteiger partial charge in [0.25, 0.3) is 0 Å². The van der Waals surface area contributed by atoms with Gasteiger partial charge in [-0.2, -0.15) is 0 Å². The number of esters is 1. The lowest BCUT2D eigenvalue weighted by Gasteiger charge is -2.08. The summed E-state index contributed by atoms with van der Waals surface area (Å²) in [5, 5.41) is 1.00. The number of hydrogen-bond acceptors (Lipinski definition) is 5. The molecule has 0 aliphatic rings. The van der Waals surface area contributed by atoms with Crippen molar-refractivity contribution < 1.29 is 14.3 Å². The van der Waals surface area contributed by atoms with E-state index in [0.29, 0.717) is 12.3 Å². The maximum atomic E-state index is 12.3. The van der Waals surface area contributed by atoms with Crippen molar-refractivity contribution in [2.45, 2.75) is 20.1 Å². The van der Waals surface area contributed by atoms with Crippen molar-refractivity contribution in [1.29, 1.82) is 0 Å². The molecule has 0 saturated heterocycles. The summed E-state index contributed by atoms with van der Waals surface area (Å²) in [6, 6.07) is 20.8. The van der Waals surface area contributed by atoms with Crippen LogP contribution in [0.3, 0.4) is 0 Å². The van der Waals surface area contributed by atoms with E-state index in [1.165, 1.54) is 0 Å². The van der Waals surface area contributed by atoms with Crippen LogP contribution in [0.1, 0.15) is 27.2 Å². The zero-order chi connectivity index (χ0) is 20.1. The van der Waals surface area contributed by atoms with Crippen LogP contribution in [0.5, 0.6) is 5.75 Å². The summed E-state index contributed by atoms with van der Waals surface area (Å²) in [4.78, 5) is 20.7. The van der Waals surface area contributed by atoms with Crippen molar-refractivity contribution in [2.75, 3.05) is 0 Å². The molecule has 0 aliphatic heterocycles. The third-order valence-electron chi connectivity index (χ3n) is 4.50. The van der Waals surface area contributed by atoms with E-state index in [1.807, 2.05) is 67.6 Å². The number of aryl methyl sites for hydroxylation is 1. The minimum Gasteiger partial charge on any atom is -0.489 e. The van der Waals surface area contributed by atoms with Gasteiger partial charge in [0.15, 0.2) is 0 Å². The van der Waals surface area contributed by atoms with Crippen LogP contribution in [0.25, 0.3) is 10.9 Å². The normalized spacial score (nSPS) is 10.7. The average molecular weight is 384 g/mol. The molecule has 0 unspecified atom stereocenters. The van der Waals surface area contributed by atoms with Gasteiger partial charge in [-0.15, -0.1) is 0 Å². The van der Waals surface area contributed by atoms with Gasteiger partial charge < -0.3 is 9.47 Å². The molecule has 4 rings (SSSR count). The van der Waals surface area contributed by atoms with Crippen LogP contribution in [0, 0.1) is 6.92 Å². The van der Waals surface area contributed by atoms with Crippen molar-refractivity contribution in [2.24, 2.45) is 0 Å². The molecule has 0 atom stereocenters. The highest BCUT2D eigenvalue weighted by Gasteiger charge is 2.10. The number of carbonyl (C=O) groups excluding carboxylic acids is 1. The Morgan fingerprint density at radius 1 is 0.862 bits per heavy atom. The van der Waals surface area contributed by atoms with Gasteiger partial charge in [0, 0.05) is 17.8 Å². The molecule has 29 heavy (non-hydrogen) atoms. The number of rotatable bonds is 6. The molecule has 2 heterocycles. The minimum atomic E-state index is -0.439. The zero-order valence-electron chi connectivity index (χ0n) is 16.0. The number of carbonyl (C=O) groups is 1. The molecular formula is C24H20N2O3. The monoisotopic (exact) mass is 384 g/mol. The summed E-state index contributed by atoms with van der Waals surface area (Å²) in [5.41, 5.74) is 4.17. The van der Waals surface area contributed by atoms with Gasteiger partial charge in [-0.25, -0.2) is 9.78 Å². The summed E-state index contributed by atoms with van der Waals surface area (Å²) in [5.74, 6) is 0.314. The maximum Gasteiger partial charge on any atom is 0.357 e. The Bertz CT molecular complexity index is 1130. The number of hydrogen-bond donors (Lipinski definition) is 0. The van der Waals surface area contributed by atoms with Gasteiger partial charge in [0.05, 0.1) is 5.52 Å². The fraction of sp³-hybridized carbons (Fsp3) is 0.125. The first-order valence-corrected chi connectivity index (χ1v) is 9.32. The van der Waals surface area contributed by atoms with Crippen LogP contribution in [-0.2, 0) is 18.0 Å². The first-order chi connectivity index (χ1) is 14.2. The molecule has 2 aromatic carbocycles. The molecule has 2 aromatic heterocycles. The number of nitrogens with zero attached hydrogens (tertiary/aromatic N) is 2. The number of pyridine rings is 2. The standard InChI is InChI=1S/C24H20N2O3/c1-17-2-8-22-20(14-17)5-9-23(26-22)24(27)29-16-18-3-6-21(7-4-18)28-15-19-10-12-25-13-11-19/h2-14H,15-16H2,1H3. The van der Waals surface area contributed by atoms with Crippen LogP contribution < -0.4 is 4.74 Å². The van der Waals surface area contributed by atoms with Gasteiger partial charge in [-0.05, 0) is 60.5 Å². The smallest absolute Gasteiger partial charge is 0.357 e. The van der Waals surface area contributed by atoms with Gasteiger partial charge in [0.1, 0.15) is 24.7 Å². The Hall–Kier alpha value is -3.73. The lowest BCUT2D eigenvalue weighted by molar-refractivity contribution is 0.0466. The summed E-state index contributed by atoms with van der Waals surface area (Å²) in [6.07, 6.45) is 3.48. The van der Waals surface area contributed by atoms with Gasteiger partial charge >= 0.3 is 5.97 Å². The van der Waals surface area contributed by atoms with Crippen molar-refractivity contribution in [1.82, 2.24) is 9.97 Å². The third kappa shape index (κ3) is 4.76. The lowest BCUT2D eigenvalue weighted by atomic mass is 10.1. The molecule has 0 amide bonds. The molecule has 5 nitrogen and oxygen atoms in total. The minimum absolute atomic E-state index is 0.178. The van der Waals surface area contributed by atoms with E-state index >= 15 is 0 Å². The maximum absolute atomic E-state index is 12.3. The molecule has 5 heteroatoms. The number of fused-ring (bicyclic) bond motifs is 1. The summed E-state index contributed by atoms with van der Waals surface area (Å²) < 4.78 is 11.2. The Morgan fingerprint density at radius 2 is 1.62 bits per heavy atom. The molecule has 0 bridgehead atoms. The van der Waals surface area contributed by atoms with Crippen molar-refractivity contribution >= 4 is 16.9 Å². The van der Waals surface area contributed by atoms with Crippen molar-refractivity contribution in [3.8, 4) is 5.75 Å². The molecule has 0 N–H and O–H groups in total. The fourth-order valence-corrected chi connectivity index (χ4v) is 2.91.